The highest BCUT2D eigenvalue weighted by atomic mass is 35.5. The number of halogens is 1. The van der Waals surface area contributed by atoms with E-state index < -0.39 is 0 Å². The van der Waals surface area contributed by atoms with Crippen LogP contribution in [0.15, 0.2) is 35.1 Å². The van der Waals surface area contributed by atoms with Crippen molar-refractivity contribution in [2.45, 2.75) is 0 Å². The standard InChI is InChI=1S/C10H9ClN4OS/c11-6-3-1-2-4-7(6)13-10(17)15-8(12)5-9(16)14-15/h1-5H,12H2,(H,13,17)(H,14,16). The number of aromatic nitrogens is 2. The predicted octanol–water partition coefficient (Wildman–Crippen LogP) is 1.66. The van der Waals surface area contributed by atoms with E-state index in [0.29, 0.717) is 10.7 Å². The predicted molar refractivity (Wildman–Crippen MR) is 72.5 cm³/mol. The molecule has 0 radical (unpaired) electrons. The van der Waals surface area contributed by atoms with E-state index >= 15 is 0 Å². The molecule has 4 N–H and O–H groups in total. The summed E-state index contributed by atoms with van der Waals surface area (Å²) < 4.78 is 1.28. The average molecular weight is 269 g/mol. The quantitative estimate of drug-likeness (QED) is 0.688. The minimum Gasteiger partial charge on any atom is -0.383 e. The summed E-state index contributed by atoms with van der Waals surface area (Å²) in [6.07, 6.45) is 0. The first-order valence-corrected chi connectivity index (χ1v) is 5.50. The van der Waals surface area contributed by atoms with Gasteiger partial charge in [0.2, 0.25) is 0 Å². The van der Waals surface area contributed by atoms with Crippen LogP contribution in [0.2, 0.25) is 5.02 Å². The van der Waals surface area contributed by atoms with Crippen LogP contribution >= 0.6 is 23.8 Å². The molecule has 0 atom stereocenters. The van der Waals surface area contributed by atoms with E-state index in [1.165, 1.54) is 10.7 Å². The maximum absolute atomic E-state index is 11.1. The normalized spacial score (nSPS) is 10.2. The Morgan fingerprint density at radius 1 is 1.47 bits per heavy atom. The molecule has 2 rings (SSSR count). The van der Waals surface area contributed by atoms with Gasteiger partial charge in [-0.25, -0.2) is 4.68 Å². The number of thiocarbonyl (C=S) groups is 1. The number of hydrogen-bond donors (Lipinski definition) is 3. The fourth-order valence-corrected chi connectivity index (χ4v) is 1.75. The summed E-state index contributed by atoms with van der Waals surface area (Å²) >= 11 is 11.1. The Balaban J connectivity index is 2.26. The third-order valence-corrected chi connectivity index (χ3v) is 2.69. The minimum atomic E-state index is -0.314. The van der Waals surface area contributed by atoms with Gasteiger partial charge >= 0.3 is 0 Å². The van der Waals surface area contributed by atoms with Crippen molar-refractivity contribution in [1.82, 2.24) is 9.78 Å². The number of H-pyrrole nitrogens is 1. The van der Waals surface area contributed by atoms with E-state index in [4.69, 9.17) is 29.6 Å². The van der Waals surface area contributed by atoms with Crippen molar-refractivity contribution in [2.75, 3.05) is 11.1 Å². The molecule has 0 amide bonds. The molecule has 88 valence electrons. The van der Waals surface area contributed by atoms with Gasteiger partial charge in [0.25, 0.3) is 5.56 Å². The second kappa shape index (κ2) is 4.60. The number of nitrogen functional groups attached to an aromatic ring is 1. The van der Waals surface area contributed by atoms with E-state index in [1.54, 1.807) is 12.1 Å². The van der Waals surface area contributed by atoms with Gasteiger partial charge in [-0.2, -0.15) is 0 Å². The molecule has 1 heterocycles. The van der Waals surface area contributed by atoms with Gasteiger partial charge in [0, 0.05) is 6.07 Å². The fourth-order valence-electron chi connectivity index (χ4n) is 1.31. The summed E-state index contributed by atoms with van der Waals surface area (Å²) in [5.74, 6) is 0.236. The lowest BCUT2D eigenvalue weighted by molar-refractivity contribution is 0.935. The maximum atomic E-state index is 11.1. The van der Waals surface area contributed by atoms with Crippen LogP contribution in [0.5, 0.6) is 0 Å². The van der Waals surface area contributed by atoms with Crippen LogP contribution in [0.4, 0.5) is 11.5 Å². The Morgan fingerprint density at radius 3 is 2.76 bits per heavy atom. The zero-order valence-electron chi connectivity index (χ0n) is 8.61. The van der Waals surface area contributed by atoms with Crippen LogP contribution in [-0.2, 0) is 0 Å². The van der Waals surface area contributed by atoms with Crippen LogP contribution in [0, 0.1) is 0 Å². The van der Waals surface area contributed by atoms with Gasteiger partial charge in [-0.05, 0) is 24.4 Å². The number of nitrogens with two attached hydrogens (primary N) is 1. The third kappa shape index (κ3) is 2.48. The Morgan fingerprint density at radius 2 is 2.18 bits per heavy atom. The van der Waals surface area contributed by atoms with Gasteiger partial charge in [0.15, 0.2) is 5.11 Å². The first kappa shape index (κ1) is 11.7. The molecule has 1 aromatic carbocycles. The van der Waals surface area contributed by atoms with Gasteiger partial charge in [-0.15, -0.1) is 0 Å². The summed E-state index contributed by atoms with van der Waals surface area (Å²) in [4.78, 5) is 11.1. The molecule has 0 spiro atoms. The molecule has 0 aliphatic rings. The molecule has 0 unspecified atom stereocenters. The number of nitrogens with one attached hydrogen (secondary N) is 2. The molecule has 0 aliphatic heterocycles. The first-order chi connectivity index (χ1) is 8.08. The van der Waals surface area contributed by atoms with Gasteiger partial charge in [0.1, 0.15) is 5.82 Å². The average Bonchev–Trinajstić information content (AvgIpc) is 2.61. The molecule has 7 heteroatoms. The van der Waals surface area contributed by atoms with Crippen LogP contribution in [-0.4, -0.2) is 14.9 Å². The van der Waals surface area contributed by atoms with E-state index in [1.807, 2.05) is 12.1 Å². The number of hydrogen-bond acceptors (Lipinski definition) is 3. The second-order valence-electron chi connectivity index (χ2n) is 3.29. The van der Waals surface area contributed by atoms with Crippen LogP contribution < -0.4 is 16.6 Å². The SMILES string of the molecule is Nc1cc(=O)[nH]n1C(=S)Nc1ccccc1Cl. The third-order valence-electron chi connectivity index (χ3n) is 2.08. The number of nitrogens with zero attached hydrogens (tertiary/aromatic N) is 1. The Bertz CT molecular complexity index is 619. The van der Waals surface area contributed by atoms with Crippen LogP contribution in [0.1, 0.15) is 0 Å². The molecule has 0 fully saturated rings. The fraction of sp³-hybridized carbons (Fsp3) is 0. The van der Waals surface area contributed by atoms with Crippen molar-refractivity contribution in [1.29, 1.82) is 0 Å². The van der Waals surface area contributed by atoms with Crippen molar-refractivity contribution in [3.05, 3.63) is 45.7 Å². The monoisotopic (exact) mass is 268 g/mol. The van der Waals surface area contributed by atoms with Gasteiger partial charge in [0.05, 0.1) is 10.7 Å². The van der Waals surface area contributed by atoms with Gasteiger partial charge in [-0.1, -0.05) is 23.7 Å². The number of benzene rings is 1. The van der Waals surface area contributed by atoms with Crippen molar-refractivity contribution < 1.29 is 0 Å². The van der Waals surface area contributed by atoms with Gasteiger partial charge < -0.3 is 11.1 Å². The number of para-hydroxylation sites is 1. The summed E-state index contributed by atoms with van der Waals surface area (Å²) in [7, 11) is 0. The Labute approximate surface area is 107 Å². The zero-order chi connectivity index (χ0) is 12.4. The molecule has 5 nitrogen and oxygen atoms in total. The van der Waals surface area contributed by atoms with Gasteiger partial charge in [-0.3, -0.25) is 9.89 Å². The smallest absolute Gasteiger partial charge is 0.266 e. The largest absolute Gasteiger partial charge is 0.383 e. The molecule has 2 aromatic rings. The lowest BCUT2D eigenvalue weighted by Crippen LogP contribution is -2.23. The molecule has 0 aliphatic carbocycles. The molecule has 1 aromatic heterocycles. The first-order valence-electron chi connectivity index (χ1n) is 4.71. The highest BCUT2D eigenvalue weighted by Crippen LogP contribution is 2.20. The Kier molecular flexibility index (Phi) is 3.16. The highest BCUT2D eigenvalue weighted by molar-refractivity contribution is 7.80. The minimum absolute atomic E-state index is 0.236. The second-order valence-corrected chi connectivity index (χ2v) is 4.08. The number of aromatic amines is 1. The molecular formula is C10H9ClN4OS. The zero-order valence-corrected chi connectivity index (χ0v) is 10.2. The summed E-state index contributed by atoms with van der Waals surface area (Å²) in [5, 5.41) is 6.14. The lowest BCUT2D eigenvalue weighted by Gasteiger charge is -2.10. The Hall–Kier alpha value is -1.79. The molecule has 0 bridgehead atoms. The highest BCUT2D eigenvalue weighted by Gasteiger charge is 2.07. The van der Waals surface area contributed by atoms with E-state index in [2.05, 4.69) is 10.4 Å². The van der Waals surface area contributed by atoms with Crippen LogP contribution in [0.25, 0.3) is 0 Å². The van der Waals surface area contributed by atoms with Crippen molar-refractivity contribution >= 4 is 40.4 Å². The van der Waals surface area contributed by atoms with E-state index in [9.17, 15) is 4.79 Å². The maximum Gasteiger partial charge on any atom is 0.266 e. The number of rotatable bonds is 1. The van der Waals surface area contributed by atoms with Crippen LogP contribution in [0.3, 0.4) is 0 Å². The van der Waals surface area contributed by atoms with Crippen molar-refractivity contribution in [3.63, 3.8) is 0 Å². The topological polar surface area (TPSA) is 75.8 Å². The van der Waals surface area contributed by atoms with Crippen molar-refractivity contribution in [3.8, 4) is 0 Å². The number of anilines is 2. The summed E-state index contributed by atoms with van der Waals surface area (Å²) in [6, 6.07) is 8.38. The molecule has 17 heavy (non-hydrogen) atoms. The summed E-state index contributed by atoms with van der Waals surface area (Å²) in [5.41, 5.74) is 5.94. The van der Waals surface area contributed by atoms with E-state index in [-0.39, 0.29) is 16.5 Å². The molecule has 0 saturated heterocycles. The van der Waals surface area contributed by atoms with E-state index in [0.717, 1.165) is 0 Å². The lowest BCUT2D eigenvalue weighted by atomic mass is 10.3. The molecule has 0 saturated carbocycles. The van der Waals surface area contributed by atoms with Crippen molar-refractivity contribution in [2.24, 2.45) is 0 Å². The summed E-state index contributed by atoms with van der Waals surface area (Å²) in [6.45, 7) is 0. The molecular weight excluding hydrogens is 260 g/mol.